The van der Waals surface area contributed by atoms with Crippen LogP contribution in [0.2, 0.25) is 0 Å². The molecule has 0 saturated heterocycles. The number of benzene rings is 1. The van der Waals surface area contributed by atoms with Crippen LogP contribution in [0.3, 0.4) is 0 Å². The minimum atomic E-state index is -1.09. The number of amides is 1. The van der Waals surface area contributed by atoms with Gasteiger partial charge < -0.3 is 15.5 Å². The summed E-state index contributed by atoms with van der Waals surface area (Å²) in [5.74, 6) is -0.187. The first kappa shape index (κ1) is 15.1. The summed E-state index contributed by atoms with van der Waals surface area (Å²) in [4.78, 5) is 22.3. The number of carbonyl (C=O) groups excluding carboxylic acids is 1. The number of hydrogen-bond donors (Lipinski definition) is 4. The quantitative estimate of drug-likeness (QED) is 0.611. The summed E-state index contributed by atoms with van der Waals surface area (Å²) in [6.45, 7) is 1.67. The highest BCUT2D eigenvalue weighted by Gasteiger charge is 2.18. The van der Waals surface area contributed by atoms with Gasteiger partial charge in [0.05, 0.1) is 17.7 Å². The molecule has 7 heteroatoms. The fourth-order valence-electron chi connectivity index (χ4n) is 2.08. The Morgan fingerprint density at radius 2 is 2.19 bits per heavy atom. The van der Waals surface area contributed by atoms with Crippen LogP contribution >= 0.6 is 0 Å². The monoisotopic (exact) mass is 291 g/mol. The predicted molar refractivity (Wildman–Crippen MR) is 76.6 cm³/mol. The average Bonchev–Trinajstić information content (AvgIpc) is 2.46. The van der Waals surface area contributed by atoms with E-state index in [9.17, 15) is 19.8 Å². The number of aliphatic hydroxyl groups excluding tert-OH is 2. The van der Waals surface area contributed by atoms with Gasteiger partial charge in [0.2, 0.25) is 5.91 Å². The van der Waals surface area contributed by atoms with Crippen LogP contribution in [0.1, 0.15) is 25.0 Å². The van der Waals surface area contributed by atoms with Gasteiger partial charge in [0.15, 0.2) is 0 Å². The molecule has 21 heavy (non-hydrogen) atoms. The molecular weight excluding hydrogens is 274 g/mol. The van der Waals surface area contributed by atoms with Crippen molar-refractivity contribution >= 4 is 16.7 Å². The molecule has 7 nitrogen and oxygen atoms in total. The van der Waals surface area contributed by atoms with Crippen molar-refractivity contribution in [3.05, 3.63) is 40.3 Å². The number of hydrogen-bond acceptors (Lipinski definition) is 5. The Morgan fingerprint density at radius 1 is 1.43 bits per heavy atom. The Balaban J connectivity index is 2.13. The van der Waals surface area contributed by atoms with E-state index in [1.54, 1.807) is 18.2 Å². The zero-order chi connectivity index (χ0) is 15.4. The Bertz CT molecular complexity index is 698. The van der Waals surface area contributed by atoms with Crippen LogP contribution in [-0.4, -0.2) is 39.0 Å². The zero-order valence-electron chi connectivity index (χ0n) is 11.5. The number of nitrogens with zero attached hydrogens (tertiary/aromatic N) is 1. The van der Waals surface area contributed by atoms with Crippen LogP contribution in [-0.2, 0) is 4.79 Å². The molecule has 0 bridgehead atoms. The average molecular weight is 291 g/mol. The smallest absolute Gasteiger partial charge is 0.272 e. The van der Waals surface area contributed by atoms with E-state index in [4.69, 9.17) is 0 Å². The van der Waals surface area contributed by atoms with Crippen molar-refractivity contribution in [2.24, 2.45) is 0 Å². The normalized spacial score (nSPS) is 13.9. The van der Waals surface area contributed by atoms with Gasteiger partial charge in [-0.15, -0.1) is 0 Å². The summed E-state index contributed by atoms with van der Waals surface area (Å²) < 4.78 is 0. The molecule has 4 N–H and O–H groups in total. The fourth-order valence-corrected chi connectivity index (χ4v) is 2.08. The number of nitrogens with one attached hydrogen (secondary N) is 2. The molecule has 0 aliphatic carbocycles. The zero-order valence-corrected chi connectivity index (χ0v) is 11.5. The molecule has 1 aromatic carbocycles. The summed E-state index contributed by atoms with van der Waals surface area (Å²) in [5, 5.41) is 29.7. The van der Waals surface area contributed by atoms with Crippen LogP contribution < -0.4 is 10.9 Å². The summed E-state index contributed by atoms with van der Waals surface area (Å²) in [6, 6.07) is 4.78. The molecule has 1 amide bonds. The van der Waals surface area contributed by atoms with Gasteiger partial charge in [-0.05, 0) is 24.1 Å². The number of aromatic nitrogens is 2. The standard InChI is InChI=1S/C14H17N3O4/c1-8(18)15-5-4-12(19)13(20)9-2-3-11-10(6-9)7-16-17-14(11)21/h2-3,6-7,12-13,19-20H,4-5H2,1H3,(H,15,18)(H,17,21). The molecule has 2 aromatic rings. The van der Waals surface area contributed by atoms with Crippen molar-refractivity contribution in [3.63, 3.8) is 0 Å². The molecule has 0 saturated carbocycles. The van der Waals surface area contributed by atoms with Crippen molar-refractivity contribution in [2.45, 2.75) is 25.6 Å². The summed E-state index contributed by atoms with van der Waals surface area (Å²) in [7, 11) is 0. The van der Waals surface area contributed by atoms with E-state index in [1.165, 1.54) is 13.1 Å². The third-order valence-electron chi connectivity index (χ3n) is 3.21. The Labute approximate surface area is 120 Å². The maximum absolute atomic E-state index is 11.5. The second-order valence-electron chi connectivity index (χ2n) is 4.83. The van der Waals surface area contributed by atoms with E-state index in [-0.39, 0.29) is 24.4 Å². The van der Waals surface area contributed by atoms with Gasteiger partial charge in [-0.3, -0.25) is 9.59 Å². The maximum Gasteiger partial charge on any atom is 0.272 e. The van der Waals surface area contributed by atoms with Crippen molar-refractivity contribution in [1.82, 2.24) is 15.5 Å². The minimum absolute atomic E-state index is 0.187. The number of fused-ring (bicyclic) bond motifs is 1. The van der Waals surface area contributed by atoms with Crippen molar-refractivity contribution in [1.29, 1.82) is 0 Å². The van der Waals surface area contributed by atoms with E-state index in [2.05, 4.69) is 15.5 Å². The number of carbonyl (C=O) groups is 1. The molecule has 112 valence electrons. The van der Waals surface area contributed by atoms with Gasteiger partial charge in [-0.25, -0.2) is 5.10 Å². The number of rotatable bonds is 5. The molecular formula is C14H17N3O4. The lowest BCUT2D eigenvalue weighted by atomic mass is 10.00. The van der Waals surface area contributed by atoms with Crippen molar-refractivity contribution in [3.8, 4) is 0 Å². The first-order valence-corrected chi connectivity index (χ1v) is 6.57. The maximum atomic E-state index is 11.5. The van der Waals surface area contributed by atoms with Crippen LogP contribution in [0, 0.1) is 0 Å². The Hall–Kier alpha value is -2.25. The van der Waals surface area contributed by atoms with E-state index >= 15 is 0 Å². The van der Waals surface area contributed by atoms with Crippen molar-refractivity contribution in [2.75, 3.05) is 6.54 Å². The first-order chi connectivity index (χ1) is 9.99. The molecule has 2 rings (SSSR count). The van der Waals surface area contributed by atoms with E-state index < -0.39 is 12.2 Å². The van der Waals surface area contributed by atoms with E-state index in [0.29, 0.717) is 16.3 Å². The Morgan fingerprint density at radius 3 is 2.90 bits per heavy atom. The highest BCUT2D eigenvalue weighted by atomic mass is 16.3. The molecule has 0 aliphatic rings. The highest BCUT2D eigenvalue weighted by molar-refractivity contribution is 5.81. The summed E-state index contributed by atoms with van der Waals surface area (Å²) >= 11 is 0. The largest absolute Gasteiger partial charge is 0.390 e. The predicted octanol–water partition coefficient (Wildman–Crippen LogP) is -0.156. The lowest BCUT2D eigenvalue weighted by molar-refractivity contribution is -0.119. The molecule has 0 fully saturated rings. The van der Waals surface area contributed by atoms with Gasteiger partial charge in [0, 0.05) is 18.9 Å². The molecule has 2 atom stereocenters. The van der Waals surface area contributed by atoms with Crippen LogP contribution in [0.25, 0.3) is 10.8 Å². The second kappa shape index (κ2) is 6.47. The van der Waals surface area contributed by atoms with Gasteiger partial charge in [-0.2, -0.15) is 5.10 Å². The molecule has 1 aromatic heterocycles. The van der Waals surface area contributed by atoms with E-state index in [1.807, 2.05) is 0 Å². The van der Waals surface area contributed by atoms with Crippen molar-refractivity contribution < 1.29 is 15.0 Å². The van der Waals surface area contributed by atoms with E-state index in [0.717, 1.165) is 0 Å². The minimum Gasteiger partial charge on any atom is -0.390 e. The topological polar surface area (TPSA) is 115 Å². The van der Waals surface area contributed by atoms with Crippen LogP contribution in [0.4, 0.5) is 0 Å². The second-order valence-corrected chi connectivity index (χ2v) is 4.83. The molecule has 1 heterocycles. The molecule has 0 aliphatic heterocycles. The lowest BCUT2D eigenvalue weighted by Crippen LogP contribution is -2.27. The van der Waals surface area contributed by atoms with Crippen LogP contribution in [0.5, 0.6) is 0 Å². The highest BCUT2D eigenvalue weighted by Crippen LogP contribution is 2.21. The van der Waals surface area contributed by atoms with Gasteiger partial charge >= 0.3 is 0 Å². The third kappa shape index (κ3) is 3.65. The van der Waals surface area contributed by atoms with Gasteiger partial charge in [0.1, 0.15) is 6.10 Å². The molecule has 0 radical (unpaired) electrons. The Kier molecular flexibility index (Phi) is 4.66. The number of aliphatic hydroxyl groups is 2. The molecule has 0 spiro atoms. The van der Waals surface area contributed by atoms with Crippen LogP contribution in [0.15, 0.2) is 29.2 Å². The summed E-state index contributed by atoms with van der Waals surface area (Å²) in [5.41, 5.74) is 0.185. The number of aromatic amines is 1. The SMILES string of the molecule is CC(=O)NCCC(O)C(O)c1ccc2c(=O)[nH]ncc2c1. The summed E-state index contributed by atoms with van der Waals surface area (Å²) in [6.07, 6.45) is -0.394. The first-order valence-electron chi connectivity index (χ1n) is 6.57. The number of H-pyrrole nitrogens is 1. The lowest BCUT2D eigenvalue weighted by Gasteiger charge is -2.18. The van der Waals surface area contributed by atoms with Gasteiger partial charge in [0.25, 0.3) is 5.56 Å². The fraction of sp³-hybridized carbons (Fsp3) is 0.357. The molecule has 2 unspecified atom stereocenters. The third-order valence-corrected chi connectivity index (χ3v) is 3.21. The van der Waals surface area contributed by atoms with Gasteiger partial charge in [-0.1, -0.05) is 6.07 Å².